The normalized spacial score (nSPS) is 21.4. The van der Waals surface area contributed by atoms with E-state index < -0.39 is 0 Å². The van der Waals surface area contributed by atoms with Crippen molar-refractivity contribution in [3.8, 4) is 17.2 Å². The predicted octanol–water partition coefficient (Wildman–Crippen LogP) is 5.35. The number of hydrogen-bond acceptors (Lipinski definition) is 5. The summed E-state index contributed by atoms with van der Waals surface area (Å²) >= 11 is 6.52. The standard InChI is InChI=1S/C24H19ClN2O3/c25-18-7-3-1-5-16(18)24-27-20(17-6-2-4-8-21(17)30-24)14-19(26-27)15-9-10-22-23(13-15)29-12-11-28-22/h1-10,13,20,24H,11-12,14H2/t20-,24-/m1/s1. The number of halogens is 1. The molecule has 0 spiro atoms. The van der Waals surface area contributed by atoms with Gasteiger partial charge >= 0.3 is 0 Å². The topological polar surface area (TPSA) is 43.3 Å². The number of ether oxygens (including phenoxy) is 3. The van der Waals surface area contributed by atoms with E-state index in [-0.39, 0.29) is 12.3 Å². The highest BCUT2D eigenvalue weighted by molar-refractivity contribution is 6.31. The van der Waals surface area contributed by atoms with Gasteiger partial charge in [-0.1, -0.05) is 48.0 Å². The average Bonchev–Trinajstić information content (AvgIpc) is 3.24. The van der Waals surface area contributed by atoms with E-state index in [0.29, 0.717) is 18.2 Å². The van der Waals surface area contributed by atoms with Gasteiger partial charge in [0.15, 0.2) is 11.5 Å². The number of rotatable bonds is 2. The lowest BCUT2D eigenvalue weighted by atomic mass is 9.95. The van der Waals surface area contributed by atoms with Crippen LogP contribution < -0.4 is 14.2 Å². The first-order chi connectivity index (χ1) is 14.8. The van der Waals surface area contributed by atoms with E-state index in [1.807, 2.05) is 65.7 Å². The molecule has 3 aromatic carbocycles. The smallest absolute Gasteiger partial charge is 0.215 e. The van der Waals surface area contributed by atoms with Gasteiger partial charge in [0.1, 0.15) is 19.0 Å². The van der Waals surface area contributed by atoms with Gasteiger partial charge in [-0.2, -0.15) is 5.10 Å². The van der Waals surface area contributed by atoms with Gasteiger partial charge in [-0.05, 0) is 30.3 Å². The molecule has 30 heavy (non-hydrogen) atoms. The van der Waals surface area contributed by atoms with E-state index in [2.05, 4.69) is 6.07 Å². The van der Waals surface area contributed by atoms with Crippen LogP contribution >= 0.6 is 11.6 Å². The molecule has 0 fully saturated rings. The Labute approximate surface area is 179 Å². The molecule has 0 unspecified atom stereocenters. The molecule has 2 atom stereocenters. The van der Waals surface area contributed by atoms with Crippen LogP contribution in [0.25, 0.3) is 0 Å². The van der Waals surface area contributed by atoms with Gasteiger partial charge in [0.2, 0.25) is 6.23 Å². The maximum absolute atomic E-state index is 6.52. The molecule has 3 aliphatic heterocycles. The highest BCUT2D eigenvalue weighted by Gasteiger charge is 2.41. The van der Waals surface area contributed by atoms with Crippen molar-refractivity contribution in [2.24, 2.45) is 5.10 Å². The highest BCUT2D eigenvalue weighted by atomic mass is 35.5. The highest BCUT2D eigenvalue weighted by Crippen LogP contribution is 2.48. The van der Waals surface area contributed by atoms with Gasteiger partial charge in [0.05, 0.1) is 11.8 Å². The van der Waals surface area contributed by atoms with Crippen LogP contribution in [0, 0.1) is 0 Å². The zero-order valence-corrected chi connectivity index (χ0v) is 16.9. The summed E-state index contributed by atoms with van der Waals surface area (Å²) in [6, 6.07) is 22.0. The van der Waals surface area contributed by atoms with Crippen molar-refractivity contribution in [1.29, 1.82) is 0 Å². The number of hydrogen-bond donors (Lipinski definition) is 0. The molecule has 150 valence electrons. The summed E-state index contributed by atoms with van der Waals surface area (Å²) in [5.41, 5.74) is 4.07. The molecule has 5 nitrogen and oxygen atoms in total. The van der Waals surface area contributed by atoms with Crippen LogP contribution in [0.3, 0.4) is 0 Å². The van der Waals surface area contributed by atoms with Gasteiger partial charge in [0, 0.05) is 28.1 Å². The third-order valence-corrected chi connectivity index (χ3v) is 6.09. The van der Waals surface area contributed by atoms with Gasteiger partial charge in [-0.15, -0.1) is 0 Å². The summed E-state index contributed by atoms with van der Waals surface area (Å²) in [5.74, 6) is 2.43. The Morgan fingerprint density at radius 2 is 1.60 bits per heavy atom. The first-order valence-corrected chi connectivity index (χ1v) is 10.4. The number of nitrogens with zero attached hydrogens (tertiary/aromatic N) is 2. The average molecular weight is 419 g/mol. The van der Waals surface area contributed by atoms with Gasteiger partial charge < -0.3 is 14.2 Å². The fourth-order valence-electron chi connectivity index (χ4n) is 4.31. The Balaban J connectivity index is 1.43. The molecule has 3 heterocycles. The first kappa shape index (κ1) is 17.7. The van der Waals surface area contributed by atoms with E-state index in [0.717, 1.165) is 46.1 Å². The molecule has 0 radical (unpaired) electrons. The van der Waals surface area contributed by atoms with Crippen LogP contribution in [-0.4, -0.2) is 23.9 Å². The van der Waals surface area contributed by atoms with E-state index in [1.165, 1.54) is 0 Å². The molecule has 6 rings (SSSR count). The Morgan fingerprint density at radius 1 is 0.833 bits per heavy atom. The molecule has 0 amide bonds. The quantitative estimate of drug-likeness (QED) is 0.562. The number of benzene rings is 3. The summed E-state index contributed by atoms with van der Waals surface area (Å²) < 4.78 is 17.8. The summed E-state index contributed by atoms with van der Waals surface area (Å²) in [7, 11) is 0. The minimum atomic E-state index is -0.381. The Hall–Kier alpha value is -3.18. The molecule has 3 aromatic rings. The lowest BCUT2D eigenvalue weighted by molar-refractivity contribution is -0.0189. The monoisotopic (exact) mass is 418 g/mol. The minimum Gasteiger partial charge on any atom is -0.486 e. The van der Waals surface area contributed by atoms with Crippen molar-refractivity contribution in [3.05, 3.63) is 88.4 Å². The molecule has 6 heteroatoms. The van der Waals surface area contributed by atoms with Crippen LogP contribution in [-0.2, 0) is 0 Å². The SMILES string of the molecule is Clc1ccccc1[C@H]1Oc2ccccc2[C@H]2CC(c3ccc4c(c3)OCCO4)=NN21. The zero-order chi connectivity index (χ0) is 20.1. The van der Waals surface area contributed by atoms with Crippen LogP contribution in [0.2, 0.25) is 5.02 Å². The van der Waals surface area contributed by atoms with Crippen molar-refractivity contribution in [1.82, 2.24) is 5.01 Å². The summed E-state index contributed by atoms with van der Waals surface area (Å²) in [5, 5.41) is 7.70. The molecule has 3 aliphatic rings. The fraction of sp³-hybridized carbons (Fsp3) is 0.208. The van der Waals surface area contributed by atoms with Crippen molar-refractivity contribution in [2.45, 2.75) is 18.7 Å². The molecule has 0 saturated carbocycles. The second-order valence-electron chi connectivity index (χ2n) is 7.53. The predicted molar refractivity (Wildman–Crippen MR) is 114 cm³/mol. The summed E-state index contributed by atoms with van der Waals surface area (Å²) in [4.78, 5) is 0. The third-order valence-electron chi connectivity index (χ3n) is 5.75. The van der Waals surface area contributed by atoms with Crippen molar-refractivity contribution < 1.29 is 14.2 Å². The minimum absolute atomic E-state index is 0.0828. The lowest BCUT2D eigenvalue weighted by Gasteiger charge is -2.38. The Bertz CT molecular complexity index is 1160. The van der Waals surface area contributed by atoms with E-state index in [9.17, 15) is 0 Å². The van der Waals surface area contributed by atoms with Crippen LogP contribution in [0.1, 0.15) is 35.4 Å². The third kappa shape index (κ3) is 2.81. The Kier molecular flexibility index (Phi) is 4.09. The first-order valence-electron chi connectivity index (χ1n) is 10.0. The summed E-state index contributed by atoms with van der Waals surface area (Å²) in [6.07, 6.45) is 0.398. The van der Waals surface area contributed by atoms with E-state index in [1.54, 1.807) is 0 Å². The lowest BCUT2D eigenvalue weighted by Crippen LogP contribution is -2.33. The van der Waals surface area contributed by atoms with Gasteiger partial charge in [0.25, 0.3) is 0 Å². The van der Waals surface area contributed by atoms with Gasteiger partial charge in [-0.3, -0.25) is 0 Å². The van der Waals surface area contributed by atoms with Crippen LogP contribution in [0.15, 0.2) is 71.8 Å². The van der Waals surface area contributed by atoms with Crippen LogP contribution in [0.4, 0.5) is 0 Å². The molecular weight excluding hydrogens is 400 g/mol. The van der Waals surface area contributed by atoms with E-state index >= 15 is 0 Å². The fourth-order valence-corrected chi connectivity index (χ4v) is 4.54. The van der Waals surface area contributed by atoms with Crippen molar-refractivity contribution in [2.75, 3.05) is 13.2 Å². The van der Waals surface area contributed by atoms with Gasteiger partial charge in [-0.25, -0.2) is 5.01 Å². The van der Waals surface area contributed by atoms with Crippen LogP contribution in [0.5, 0.6) is 17.2 Å². The number of para-hydroxylation sites is 1. The maximum Gasteiger partial charge on any atom is 0.215 e. The van der Waals surface area contributed by atoms with Crippen molar-refractivity contribution in [3.63, 3.8) is 0 Å². The summed E-state index contributed by atoms with van der Waals surface area (Å²) in [6.45, 7) is 1.14. The molecular formula is C24H19ClN2O3. The Morgan fingerprint density at radius 3 is 2.47 bits per heavy atom. The largest absolute Gasteiger partial charge is 0.486 e. The number of fused-ring (bicyclic) bond motifs is 4. The van der Waals surface area contributed by atoms with Crippen molar-refractivity contribution >= 4 is 17.3 Å². The molecule has 0 saturated heterocycles. The maximum atomic E-state index is 6.52. The molecule has 0 aromatic heterocycles. The number of hydrazone groups is 1. The molecule has 0 aliphatic carbocycles. The van der Waals surface area contributed by atoms with E-state index in [4.69, 9.17) is 30.9 Å². The zero-order valence-electron chi connectivity index (χ0n) is 16.1. The second kappa shape index (κ2) is 6.96. The molecule has 0 bridgehead atoms. The second-order valence-corrected chi connectivity index (χ2v) is 7.94. The molecule has 0 N–H and O–H groups in total.